The molecule has 0 bridgehead atoms. The molecule has 2 aromatic carbocycles. The number of anilines is 1. The fraction of sp³-hybridized carbons (Fsp3) is 0.263. The first-order valence-electron chi connectivity index (χ1n) is 7.63. The van der Waals surface area contributed by atoms with Crippen molar-refractivity contribution < 1.29 is 18.7 Å². The molecule has 5 heteroatoms. The minimum Gasteiger partial charge on any atom is -0.449 e. The number of hydrogen-bond acceptors (Lipinski definition) is 3. The highest BCUT2D eigenvalue weighted by atomic mass is 19.1. The number of ether oxygens (including phenoxy) is 1. The molecule has 0 saturated carbocycles. The lowest BCUT2D eigenvalue weighted by Crippen LogP contribution is -2.30. The summed E-state index contributed by atoms with van der Waals surface area (Å²) in [6, 6.07) is 9.75. The maximum atomic E-state index is 13.5. The monoisotopic (exact) mass is 329 g/mol. The standard InChI is InChI=1S/C19H20FNO3/c1-11-5-6-13(3)17(9-11)21-18(22)14(4)24-19(23)15-8-7-12(2)16(20)10-15/h5-10,14H,1-4H3,(H,21,22). The van der Waals surface area contributed by atoms with Gasteiger partial charge in [-0.25, -0.2) is 9.18 Å². The first-order chi connectivity index (χ1) is 11.3. The molecule has 0 aromatic heterocycles. The lowest BCUT2D eigenvalue weighted by atomic mass is 10.1. The first kappa shape index (κ1) is 17.7. The van der Waals surface area contributed by atoms with E-state index >= 15 is 0 Å². The van der Waals surface area contributed by atoms with Crippen LogP contribution in [0.1, 0.15) is 34.0 Å². The van der Waals surface area contributed by atoms with E-state index < -0.39 is 23.8 Å². The van der Waals surface area contributed by atoms with E-state index in [4.69, 9.17) is 4.74 Å². The summed E-state index contributed by atoms with van der Waals surface area (Å²) in [6.07, 6.45) is -0.998. The number of carbonyl (C=O) groups is 2. The number of amides is 1. The Hall–Kier alpha value is -2.69. The fourth-order valence-corrected chi connectivity index (χ4v) is 2.11. The molecule has 4 nitrogen and oxygen atoms in total. The van der Waals surface area contributed by atoms with Crippen molar-refractivity contribution in [1.82, 2.24) is 0 Å². The van der Waals surface area contributed by atoms with Crippen LogP contribution in [0.2, 0.25) is 0 Å². The highest BCUT2D eigenvalue weighted by Crippen LogP contribution is 2.17. The second-order valence-electron chi connectivity index (χ2n) is 5.82. The lowest BCUT2D eigenvalue weighted by molar-refractivity contribution is -0.123. The lowest BCUT2D eigenvalue weighted by Gasteiger charge is -2.15. The number of nitrogens with one attached hydrogen (secondary N) is 1. The summed E-state index contributed by atoms with van der Waals surface area (Å²) in [7, 11) is 0. The summed E-state index contributed by atoms with van der Waals surface area (Å²) in [5.41, 5.74) is 3.10. The van der Waals surface area contributed by atoms with Gasteiger partial charge < -0.3 is 10.1 Å². The van der Waals surface area contributed by atoms with Crippen LogP contribution < -0.4 is 5.32 Å². The van der Waals surface area contributed by atoms with Crippen LogP contribution in [0.4, 0.5) is 10.1 Å². The molecule has 24 heavy (non-hydrogen) atoms. The zero-order valence-corrected chi connectivity index (χ0v) is 14.1. The van der Waals surface area contributed by atoms with Gasteiger partial charge in [-0.2, -0.15) is 0 Å². The maximum absolute atomic E-state index is 13.5. The Labute approximate surface area is 140 Å². The van der Waals surface area contributed by atoms with Crippen molar-refractivity contribution in [3.05, 3.63) is 64.5 Å². The van der Waals surface area contributed by atoms with Crippen LogP contribution in [-0.4, -0.2) is 18.0 Å². The van der Waals surface area contributed by atoms with E-state index in [0.717, 1.165) is 17.2 Å². The molecule has 0 spiro atoms. The van der Waals surface area contributed by atoms with E-state index in [2.05, 4.69) is 5.32 Å². The normalized spacial score (nSPS) is 11.7. The summed E-state index contributed by atoms with van der Waals surface area (Å²) >= 11 is 0. The Morgan fingerprint density at radius 2 is 1.71 bits per heavy atom. The molecule has 0 aliphatic carbocycles. The molecule has 0 aliphatic heterocycles. The Morgan fingerprint density at radius 1 is 1.04 bits per heavy atom. The summed E-state index contributed by atoms with van der Waals surface area (Å²) in [4.78, 5) is 24.2. The van der Waals surface area contributed by atoms with E-state index in [-0.39, 0.29) is 5.56 Å². The van der Waals surface area contributed by atoms with Crippen molar-refractivity contribution in [2.75, 3.05) is 5.32 Å². The van der Waals surface area contributed by atoms with Crippen LogP contribution in [0.25, 0.3) is 0 Å². The van der Waals surface area contributed by atoms with Crippen molar-refractivity contribution in [3.8, 4) is 0 Å². The van der Waals surface area contributed by atoms with Crippen LogP contribution in [-0.2, 0) is 9.53 Å². The zero-order chi connectivity index (χ0) is 17.9. The van der Waals surface area contributed by atoms with Crippen molar-refractivity contribution in [3.63, 3.8) is 0 Å². The second-order valence-corrected chi connectivity index (χ2v) is 5.82. The van der Waals surface area contributed by atoms with Crippen LogP contribution in [0.5, 0.6) is 0 Å². The molecule has 1 amide bonds. The predicted molar refractivity (Wildman–Crippen MR) is 90.6 cm³/mol. The number of hydrogen-bond donors (Lipinski definition) is 1. The van der Waals surface area contributed by atoms with Gasteiger partial charge in [0.15, 0.2) is 6.10 Å². The third-order valence-corrected chi connectivity index (χ3v) is 3.71. The van der Waals surface area contributed by atoms with Gasteiger partial charge in [-0.3, -0.25) is 4.79 Å². The van der Waals surface area contributed by atoms with Gasteiger partial charge in [0.05, 0.1) is 5.56 Å². The number of halogens is 1. The van der Waals surface area contributed by atoms with Crippen molar-refractivity contribution in [2.45, 2.75) is 33.8 Å². The first-order valence-corrected chi connectivity index (χ1v) is 7.63. The molecule has 1 N–H and O–H groups in total. The summed E-state index contributed by atoms with van der Waals surface area (Å²) < 4.78 is 18.6. The Balaban J connectivity index is 2.04. The summed E-state index contributed by atoms with van der Waals surface area (Å²) in [5.74, 6) is -1.67. The zero-order valence-electron chi connectivity index (χ0n) is 14.1. The van der Waals surface area contributed by atoms with Crippen LogP contribution in [0.15, 0.2) is 36.4 Å². The summed E-state index contributed by atoms with van der Waals surface area (Å²) in [5, 5.41) is 2.74. The van der Waals surface area contributed by atoms with Gasteiger partial charge in [-0.15, -0.1) is 0 Å². The molecule has 0 radical (unpaired) electrons. The van der Waals surface area contributed by atoms with Crippen LogP contribution in [0.3, 0.4) is 0 Å². The number of carbonyl (C=O) groups excluding carboxylic acids is 2. The fourth-order valence-electron chi connectivity index (χ4n) is 2.11. The van der Waals surface area contributed by atoms with E-state index in [1.165, 1.54) is 19.1 Å². The molecule has 0 aliphatic rings. The molecule has 1 unspecified atom stereocenters. The molecule has 2 rings (SSSR count). The molecule has 126 valence electrons. The van der Waals surface area contributed by atoms with Gasteiger partial charge in [-0.05, 0) is 62.6 Å². The highest BCUT2D eigenvalue weighted by molar-refractivity contribution is 5.97. The van der Waals surface area contributed by atoms with Gasteiger partial charge in [0.2, 0.25) is 0 Å². The topological polar surface area (TPSA) is 55.4 Å². The number of rotatable bonds is 4. The minimum atomic E-state index is -0.998. The number of aryl methyl sites for hydroxylation is 3. The Kier molecular flexibility index (Phi) is 5.34. The third-order valence-electron chi connectivity index (χ3n) is 3.71. The van der Waals surface area contributed by atoms with E-state index in [9.17, 15) is 14.0 Å². The Bertz CT molecular complexity index is 786. The van der Waals surface area contributed by atoms with Gasteiger partial charge in [0, 0.05) is 5.69 Å². The number of esters is 1. The van der Waals surface area contributed by atoms with Crippen LogP contribution in [0, 0.1) is 26.6 Å². The van der Waals surface area contributed by atoms with Crippen LogP contribution >= 0.6 is 0 Å². The van der Waals surface area contributed by atoms with Crippen molar-refractivity contribution in [1.29, 1.82) is 0 Å². The minimum absolute atomic E-state index is 0.0736. The predicted octanol–water partition coefficient (Wildman–Crippen LogP) is 3.93. The molecule has 0 saturated heterocycles. The quantitative estimate of drug-likeness (QED) is 0.865. The largest absolute Gasteiger partial charge is 0.449 e. The highest BCUT2D eigenvalue weighted by Gasteiger charge is 2.20. The Morgan fingerprint density at radius 3 is 2.38 bits per heavy atom. The van der Waals surface area contributed by atoms with Gasteiger partial charge in [0.1, 0.15) is 5.82 Å². The molecule has 2 aromatic rings. The molecule has 0 heterocycles. The van der Waals surface area contributed by atoms with Gasteiger partial charge in [-0.1, -0.05) is 18.2 Å². The van der Waals surface area contributed by atoms with Gasteiger partial charge >= 0.3 is 5.97 Å². The second kappa shape index (κ2) is 7.25. The number of benzene rings is 2. The smallest absolute Gasteiger partial charge is 0.339 e. The van der Waals surface area contributed by atoms with E-state index in [0.29, 0.717) is 11.3 Å². The maximum Gasteiger partial charge on any atom is 0.339 e. The summed E-state index contributed by atoms with van der Waals surface area (Å²) in [6.45, 7) is 6.87. The molecular weight excluding hydrogens is 309 g/mol. The molecule has 0 fully saturated rings. The molecule has 1 atom stereocenters. The SMILES string of the molecule is Cc1ccc(C)c(NC(=O)C(C)OC(=O)c2ccc(C)c(F)c2)c1. The average molecular weight is 329 g/mol. The van der Waals surface area contributed by atoms with Gasteiger partial charge in [0.25, 0.3) is 5.91 Å². The molecular formula is C19H20FNO3. The van der Waals surface area contributed by atoms with E-state index in [1.54, 1.807) is 6.92 Å². The average Bonchev–Trinajstić information content (AvgIpc) is 2.53. The third kappa shape index (κ3) is 4.19. The van der Waals surface area contributed by atoms with Crippen molar-refractivity contribution >= 4 is 17.6 Å². The van der Waals surface area contributed by atoms with E-state index in [1.807, 2.05) is 32.0 Å². The van der Waals surface area contributed by atoms with Crippen molar-refractivity contribution in [2.24, 2.45) is 0 Å².